The molecule has 19 heavy (non-hydrogen) atoms. The van der Waals surface area contributed by atoms with Crippen LogP contribution in [0.4, 0.5) is 0 Å². The maximum Gasteiger partial charge on any atom is 0.248 e. The minimum atomic E-state index is -0.401. The van der Waals surface area contributed by atoms with Gasteiger partial charge >= 0.3 is 0 Å². The average Bonchev–Trinajstić information content (AvgIpc) is 2.46. The van der Waals surface area contributed by atoms with Crippen molar-refractivity contribution in [1.82, 2.24) is 10.3 Å². The molecular weight excluding hydrogens is 238 g/mol. The third-order valence-corrected chi connectivity index (χ3v) is 3.01. The summed E-state index contributed by atoms with van der Waals surface area (Å²) in [5, 5.41) is 3.39. The predicted octanol–water partition coefficient (Wildman–Crippen LogP) is 2.03. The monoisotopic (exact) mass is 255 g/mol. The highest BCUT2D eigenvalue weighted by Crippen LogP contribution is 2.11. The van der Waals surface area contributed by atoms with Gasteiger partial charge in [-0.25, -0.2) is 0 Å². The molecule has 0 aliphatic rings. The third kappa shape index (κ3) is 3.63. The SMILES string of the molecule is C[C@@H](NCc1cccc(C(N)=O)c1)c1cccnc1. The smallest absolute Gasteiger partial charge is 0.248 e. The lowest BCUT2D eigenvalue weighted by molar-refractivity contribution is 0.1000. The fraction of sp³-hybridized carbons (Fsp3) is 0.200. The molecule has 0 saturated heterocycles. The highest BCUT2D eigenvalue weighted by molar-refractivity contribution is 5.92. The first kappa shape index (κ1) is 13.2. The second-order valence-electron chi connectivity index (χ2n) is 4.45. The largest absolute Gasteiger partial charge is 0.366 e. The summed E-state index contributed by atoms with van der Waals surface area (Å²) in [7, 11) is 0. The van der Waals surface area contributed by atoms with E-state index in [0.29, 0.717) is 12.1 Å². The van der Waals surface area contributed by atoms with Crippen molar-refractivity contribution >= 4 is 5.91 Å². The highest BCUT2D eigenvalue weighted by Gasteiger charge is 2.05. The van der Waals surface area contributed by atoms with Crippen molar-refractivity contribution in [3.63, 3.8) is 0 Å². The van der Waals surface area contributed by atoms with Crippen LogP contribution < -0.4 is 11.1 Å². The summed E-state index contributed by atoms with van der Waals surface area (Å²) < 4.78 is 0. The van der Waals surface area contributed by atoms with Crippen molar-refractivity contribution in [3.8, 4) is 0 Å². The number of carbonyl (C=O) groups excluding carboxylic acids is 1. The molecule has 0 unspecified atom stereocenters. The van der Waals surface area contributed by atoms with Crippen LogP contribution in [0.2, 0.25) is 0 Å². The maximum atomic E-state index is 11.1. The summed E-state index contributed by atoms with van der Waals surface area (Å²) >= 11 is 0. The van der Waals surface area contributed by atoms with E-state index in [0.717, 1.165) is 11.1 Å². The molecule has 2 aromatic rings. The van der Waals surface area contributed by atoms with Gasteiger partial charge in [0.25, 0.3) is 0 Å². The summed E-state index contributed by atoms with van der Waals surface area (Å²) in [5.41, 5.74) is 7.96. The fourth-order valence-electron chi connectivity index (χ4n) is 1.86. The average molecular weight is 255 g/mol. The zero-order chi connectivity index (χ0) is 13.7. The molecule has 2 rings (SSSR count). The van der Waals surface area contributed by atoms with E-state index in [1.165, 1.54) is 0 Å². The zero-order valence-electron chi connectivity index (χ0n) is 10.8. The molecule has 0 aliphatic carbocycles. The van der Waals surface area contributed by atoms with E-state index in [9.17, 15) is 4.79 Å². The number of rotatable bonds is 5. The number of aromatic nitrogens is 1. The minimum absolute atomic E-state index is 0.200. The second-order valence-corrected chi connectivity index (χ2v) is 4.45. The van der Waals surface area contributed by atoms with Gasteiger partial charge in [0.05, 0.1) is 0 Å². The van der Waals surface area contributed by atoms with E-state index < -0.39 is 5.91 Å². The summed E-state index contributed by atoms with van der Waals surface area (Å²) in [4.78, 5) is 15.2. The molecule has 98 valence electrons. The molecule has 1 aromatic heterocycles. The Morgan fingerprint density at radius 1 is 1.37 bits per heavy atom. The Labute approximate surface area is 112 Å². The van der Waals surface area contributed by atoms with Crippen LogP contribution in [-0.2, 0) is 6.54 Å². The molecule has 0 bridgehead atoms. The molecule has 3 N–H and O–H groups in total. The van der Waals surface area contributed by atoms with E-state index >= 15 is 0 Å². The van der Waals surface area contributed by atoms with E-state index in [1.807, 2.05) is 36.5 Å². The summed E-state index contributed by atoms with van der Waals surface area (Å²) in [6.07, 6.45) is 3.60. The Kier molecular flexibility index (Phi) is 4.26. The van der Waals surface area contributed by atoms with E-state index in [4.69, 9.17) is 5.73 Å². The summed E-state index contributed by atoms with van der Waals surface area (Å²) in [6.45, 7) is 2.76. The van der Waals surface area contributed by atoms with Gasteiger partial charge in [-0.05, 0) is 36.2 Å². The molecule has 1 aromatic carbocycles. The molecule has 4 nitrogen and oxygen atoms in total. The van der Waals surface area contributed by atoms with Crippen molar-refractivity contribution in [2.45, 2.75) is 19.5 Å². The van der Waals surface area contributed by atoms with Crippen LogP contribution in [-0.4, -0.2) is 10.9 Å². The number of hydrogen-bond donors (Lipinski definition) is 2. The molecule has 0 aliphatic heterocycles. The topological polar surface area (TPSA) is 68.0 Å². The van der Waals surface area contributed by atoms with Gasteiger partial charge < -0.3 is 11.1 Å². The molecule has 0 fully saturated rings. The van der Waals surface area contributed by atoms with E-state index in [-0.39, 0.29) is 6.04 Å². The van der Waals surface area contributed by atoms with Crippen molar-refractivity contribution in [2.24, 2.45) is 5.73 Å². The number of benzene rings is 1. The Morgan fingerprint density at radius 2 is 2.21 bits per heavy atom. The number of nitrogens with two attached hydrogens (primary N) is 1. The van der Waals surface area contributed by atoms with Crippen LogP contribution in [0, 0.1) is 0 Å². The van der Waals surface area contributed by atoms with Crippen molar-refractivity contribution < 1.29 is 4.79 Å². The first-order chi connectivity index (χ1) is 9.16. The Bertz CT molecular complexity index is 554. The number of nitrogens with zero attached hydrogens (tertiary/aromatic N) is 1. The van der Waals surface area contributed by atoms with Crippen LogP contribution in [0.5, 0.6) is 0 Å². The lowest BCUT2D eigenvalue weighted by Gasteiger charge is -2.14. The summed E-state index contributed by atoms with van der Waals surface area (Å²) in [5.74, 6) is -0.401. The first-order valence-electron chi connectivity index (χ1n) is 6.19. The number of nitrogens with one attached hydrogen (secondary N) is 1. The normalized spacial score (nSPS) is 12.1. The Morgan fingerprint density at radius 3 is 2.89 bits per heavy atom. The molecule has 0 radical (unpaired) electrons. The molecule has 1 heterocycles. The molecule has 4 heteroatoms. The fourth-order valence-corrected chi connectivity index (χ4v) is 1.86. The third-order valence-electron chi connectivity index (χ3n) is 3.01. The van der Waals surface area contributed by atoms with Gasteiger partial charge in [-0.3, -0.25) is 9.78 Å². The molecule has 1 amide bonds. The number of carbonyl (C=O) groups is 1. The van der Waals surface area contributed by atoms with Crippen molar-refractivity contribution in [2.75, 3.05) is 0 Å². The Balaban J connectivity index is 1.99. The maximum absolute atomic E-state index is 11.1. The quantitative estimate of drug-likeness (QED) is 0.859. The summed E-state index contributed by atoms with van der Waals surface area (Å²) in [6, 6.07) is 11.5. The predicted molar refractivity (Wildman–Crippen MR) is 74.5 cm³/mol. The van der Waals surface area contributed by atoms with Gasteiger partial charge in [0.15, 0.2) is 0 Å². The first-order valence-corrected chi connectivity index (χ1v) is 6.19. The molecule has 1 atom stereocenters. The van der Waals surface area contributed by atoms with Crippen LogP contribution in [0.25, 0.3) is 0 Å². The van der Waals surface area contributed by atoms with Gasteiger partial charge in [-0.2, -0.15) is 0 Å². The van der Waals surface area contributed by atoms with Crippen LogP contribution in [0.1, 0.15) is 34.5 Å². The van der Waals surface area contributed by atoms with Crippen molar-refractivity contribution in [1.29, 1.82) is 0 Å². The zero-order valence-corrected chi connectivity index (χ0v) is 10.8. The van der Waals surface area contributed by atoms with E-state index in [2.05, 4.69) is 17.2 Å². The lowest BCUT2D eigenvalue weighted by Crippen LogP contribution is -2.19. The van der Waals surface area contributed by atoms with Crippen molar-refractivity contribution in [3.05, 3.63) is 65.5 Å². The number of amides is 1. The van der Waals surface area contributed by atoms with Gasteiger partial charge in [-0.1, -0.05) is 18.2 Å². The number of pyridine rings is 1. The van der Waals surface area contributed by atoms with Crippen LogP contribution in [0.3, 0.4) is 0 Å². The number of primary amides is 1. The molecule has 0 saturated carbocycles. The highest BCUT2D eigenvalue weighted by atomic mass is 16.1. The van der Waals surface area contributed by atoms with Gasteiger partial charge in [0.2, 0.25) is 5.91 Å². The van der Waals surface area contributed by atoms with Gasteiger partial charge in [-0.15, -0.1) is 0 Å². The number of hydrogen-bond acceptors (Lipinski definition) is 3. The van der Waals surface area contributed by atoms with Crippen LogP contribution >= 0.6 is 0 Å². The minimum Gasteiger partial charge on any atom is -0.366 e. The van der Waals surface area contributed by atoms with Crippen LogP contribution in [0.15, 0.2) is 48.8 Å². The lowest BCUT2D eigenvalue weighted by atomic mass is 10.1. The Hall–Kier alpha value is -2.20. The van der Waals surface area contributed by atoms with Gasteiger partial charge in [0.1, 0.15) is 0 Å². The second kappa shape index (κ2) is 6.11. The van der Waals surface area contributed by atoms with E-state index in [1.54, 1.807) is 12.3 Å². The molecular formula is C15H17N3O. The standard InChI is InChI=1S/C15H17N3O/c1-11(14-6-3-7-17-10-14)18-9-12-4-2-5-13(8-12)15(16)19/h2-8,10-11,18H,9H2,1H3,(H2,16,19)/t11-/m1/s1. The molecule has 0 spiro atoms. The van der Waals surface area contributed by atoms with Gasteiger partial charge in [0, 0.05) is 30.5 Å².